The van der Waals surface area contributed by atoms with E-state index in [9.17, 15) is 30.7 Å². The zero-order valence-electron chi connectivity index (χ0n) is 19.5. The maximum absolute atomic E-state index is 13.8. The Hall–Kier alpha value is -4.13. The lowest BCUT2D eigenvalue weighted by Crippen LogP contribution is -2.21. The molecule has 0 spiro atoms. The summed E-state index contributed by atoms with van der Waals surface area (Å²) >= 11 is 5.71. The predicted octanol–water partition coefficient (Wildman–Crippen LogP) is 7.65. The highest BCUT2D eigenvalue weighted by molar-refractivity contribution is 6.30. The van der Waals surface area contributed by atoms with Gasteiger partial charge in [0.2, 0.25) is 11.9 Å². The molecule has 3 aromatic carbocycles. The Balaban J connectivity index is 1.52. The molecule has 0 amide bonds. The van der Waals surface area contributed by atoms with Crippen molar-refractivity contribution in [1.29, 1.82) is 0 Å². The minimum absolute atomic E-state index is 0.00239. The average molecular weight is 572 g/mol. The van der Waals surface area contributed by atoms with Gasteiger partial charge in [0, 0.05) is 12.2 Å². The standard InChI is InChI=1S/C25H17ClF7N5O/c26-19-9-8-16(10-20(19)27)15-6-4-14(5-7-15)12-34-21-36-22(38-23(37-21)39-13-24(28,29)30)35-18-3-1-2-17(11-18)25(31,32)33/h1-11H,12-13H2,(H2,34,35,36,37,38). The van der Waals surface area contributed by atoms with Crippen molar-refractivity contribution in [3.8, 4) is 17.1 Å². The molecule has 0 fully saturated rings. The summed E-state index contributed by atoms with van der Waals surface area (Å²) in [6.07, 6.45) is -9.29. The maximum atomic E-state index is 13.8. The zero-order valence-corrected chi connectivity index (χ0v) is 20.3. The second-order valence-corrected chi connectivity index (χ2v) is 8.46. The summed E-state index contributed by atoms with van der Waals surface area (Å²) < 4.78 is 95.4. The van der Waals surface area contributed by atoms with Crippen LogP contribution >= 0.6 is 11.6 Å². The molecule has 0 saturated carbocycles. The van der Waals surface area contributed by atoms with E-state index in [2.05, 4.69) is 30.3 Å². The summed E-state index contributed by atoms with van der Waals surface area (Å²) in [6, 6.07) is 14.7. The minimum atomic E-state index is -4.68. The summed E-state index contributed by atoms with van der Waals surface area (Å²) in [7, 11) is 0. The van der Waals surface area contributed by atoms with Crippen LogP contribution in [0.1, 0.15) is 11.1 Å². The van der Waals surface area contributed by atoms with Gasteiger partial charge < -0.3 is 15.4 Å². The first-order chi connectivity index (χ1) is 18.4. The molecule has 0 aliphatic rings. The summed E-state index contributed by atoms with van der Waals surface area (Å²) in [6.45, 7) is -1.58. The van der Waals surface area contributed by atoms with Crippen LogP contribution in [0.5, 0.6) is 6.01 Å². The minimum Gasteiger partial charge on any atom is -0.454 e. The molecule has 0 atom stereocenters. The number of ether oxygens (including phenoxy) is 1. The summed E-state index contributed by atoms with van der Waals surface area (Å²) in [4.78, 5) is 11.5. The molecule has 14 heteroatoms. The fourth-order valence-electron chi connectivity index (χ4n) is 3.28. The number of rotatable bonds is 8. The molecule has 1 heterocycles. The van der Waals surface area contributed by atoms with Crippen LogP contribution in [0, 0.1) is 5.82 Å². The Morgan fingerprint density at radius 2 is 1.49 bits per heavy atom. The molecule has 4 aromatic rings. The maximum Gasteiger partial charge on any atom is 0.422 e. The third-order valence-corrected chi connectivity index (χ3v) is 5.39. The zero-order chi connectivity index (χ0) is 28.2. The van der Waals surface area contributed by atoms with E-state index >= 15 is 0 Å². The molecule has 0 saturated heterocycles. The van der Waals surface area contributed by atoms with E-state index in [4.69, 9.17) is 11.6 Å². The molecule has 2 N–H and O–H groups in total. The number of nitrogens with zero attached hydrogens (tertiary/aromatic N) is 3. The summed E-state index contributed by atoms with van der Waals surface area (Å²) in [5.74, 6) is -1.10. The fourth-order valence-corrected chi connectivity index (χ4v) is 3.39. The smallest absolute Gasteiger partial charge is 0.422 e. The number of aromatic nitrogens is 3. The van der Waals surface area contributed by atoms with Crippen molar-refractivity contribution in [2.75, 3.05) is 17.2 Å². The number of hydrogen-bond donors (Lipinski definition) is 2. The van der Waals surface area contributed by atoms with Crippen LogP contribution in [0.25, 0.3) is 11.1 Å². The molecule has 204 valence electrons. The normalized spacial score (nSPS) is 11.8. The highest BCUT2D eigenvalue weighted by Crippen LogP contribution is 2.31. The van der Waals surface area contributed by atoms with Crippen molar-refractivity contribution >= 4 is 29.2 Å². The van der Waals surface area contributed by atoms with Crippen molar-refractivity contribution in [1.82, 2.24) is 15.0 Å². The van der Waals surface area contributed by atoms with E-state index in [0.717, 1.165) is 18.2 Å². The van der Waals surface area contributed by atoms with Crippen LogP contribution in [0.4, 0.5) is 48.3 Å². The molecule has 0 aliphatic carbocycles. The van der Waals surface area contributed by atoms with E-state index in [1.165, 1.54) is 18.2 Å². The van der Waals surface area contributed by atoms with Gasteiger partial charge in [-0.3, -0.25) is 0 Å². The number of hydrogen-bond acceptors (Lipinski definition) is 6. The van der Waals surface area contributed by atoms with Crippen LogP contribution in [0.3, 0.4) is 0 Å². The number of anilines is 3. The number of halogens is 8. The fraction of sp³-hybridized carbons (Fsp3) is 0.160. The third kappa shape index (κ3) is 7.93. The topological polar surface area (TPSA) is 72.0 Å². The number of benzene rings is 3. The van der Waals surface area contributed by atoms with Gasteiger partial charge in [0.15, 0.2) is 6.61 Å². The molecule has 4 rings (SSSR count). The molecular weight excluding hydrogens is 555 g/mol. The lowest BCUT2D eigenvalue weighted by Gasteiger charge is -2.13. The first-order valence-corrected chi connectivity index (χ1v) is 11.4. The molecular formula is C25H17ClF7N5O. The van der Waals surface area contributed by atoms with Crippen LogP contribution < -0.4 is 15.4 Å². The monoisotopic (exact) mass is 571 g/mol. The molecule has 0 unspecified atom stereocenters. The lowest BCUT2D eigenvalue weighted by atomic mass is 10.0. The first kappa shape index (κ1) is 27.9. The van der Waals surface area contributed by atoms with Crippen LogP contribution in [-0.4, -0.2) is 27.7 Å². The van der Waals surface area contributed by atoms with E-state index in [0.29, 0.717) is 16.7 Å². The van der Waals surface area contributed by atoms with Crippen molar-refractivity contribution in [2.24, 2.45) is 0 Å². The molecule has 1 aromatic heterocycles. The Morgan fingerprint density at radius 1 is 0.795 bits per heavy atom. The van der Waals surface area contributed by atoms with Crippen molar-refractivity contribution in [2.45, 2.75) is 18.9 Å². The Bertz CT molecular complexity index is 1450. The van der Waals surface area contributed by atoms with Crippen LogP contribution in [-0.2, 0) is 12.7 Å². The number of nitrogens with one attached hydrogen (secondary N) is 2. The van der Waals surface area contributed by atoms with Gasteiger partial charge >= 0.3 is 18.4 Å². The van der Waals surface area contributed by atoms with Gasteiger partial charge in [-0.25, -0.2) is 4.39 Å². The Morgan fingerprint density at radius 3 is 2.15 bits per heavy atom. The van der Waals surface area contributed by atoms with E-state index in [1.807, 2.05) is 0 Å². The van der Waals surface area contributed by atoms with Gasteiger partial charge in [-0.05, 0) is 47.0 Å². The van der Waals surface area contributed by atoms with Gasteiger partial charge in [0.05, 0.1) is 10.6 Å². The second kappa shape index (κ2) is 11.3. The number of alkyl halides is 6. The Kier molecular flexibility index (Phi) is 8.09. The quantitative estimate of drug-likeness (QED) is 0.212. The van der Waals surface area contributed by atoms with Crippen molar-refractivity contribution < 1.29 is 35.5 Å². The van der Waals surface area contributed by atoms with Gasteiger partial charge in [-0.1, -0.05) is 48.0 Å². The molecule has 0 radical (unpaired) electrons. The lowest BCUT2D eigenvalue weighted by molar-refractivity contribution is -0.154. The third-order valence-electron chi connectivity index (χ3n) is 5.08. The summed E-state index contributed by atoms with van der Waals surface area (Å²) in [5, 5.41) is 5.34. The highest BCUT2D eigenvalue weighted by atomic mass is 35.5. The van der Waals surface area contributed by atoms with E-state index in [1.54, 1.807) is 30.3 Å². The Labute approximate surface area is 221 Å². The average Bonchev–Trinajstić information content (AvgIpc) is 2.87. The molecule has 0 aliphatic heterocycles. The van der Waals surface area contributed by atoms with Gasteiger partial charge in [0.25, 0.3) is 0 Å². The van der Waals surface area contributed by atoms with E-state index < -0.39 is 36.4 Å². The highest BCUT2D eigenvalue weighted by Gasteiger charge is 2.31. The second-order valence-electron chi connectivity index (χ2n) is 8.05. The van der Waals surface area contributed by atoms with Crippen molar-refractivity contribution in [3.05, 3.63) is 88.7 Å². The molecule has 39 heavy (non-hydrogen) atoms. The van der Waals surface area contributed by atoms with Gasteiger partial charge in [0.1, 0.15) is 5.82 Å². The van der Waals surface area contributed by atoms with E-state index in [-0.39, 0.29) is 29.2 Å². The van der Waals surface area contributed by atoms with Crippen LogP contribution in [0.2, 0.25) is 5.02 Å². The molecule has 0 bridgehead atoms. The SMILES string of the molecule is Fc1cc(-c2ccc(CNc3nc(Nc4cccc(C(F)(F)F)c4)nc(OCC(F)(F)F)n3)cc2)ccc1Cl. The van der Waals surface area contributed by atoms with Crippen molar-refractivity contribution in [3.63, 3.8) is 0 Å². The van der Waals surface area contributed by atoms with Gasteiger partial charge in [-0.2, -0.15) is 41.3 Å². The van der Waals surface area contributed by atoms with Gasteiger partial charge in [-0.15, -0.1) is 0 Å². The largest absolute Gasteiger partial charge is 0.454 e. The first-order valence-electron chi connectivity index (χ1n) is 11.0. The van der Waals surface area contributed by atoms with Crippen LogP contribution in [0.15, 0.2) is 66.7 Å². The summed E-state index contributed by atoms with van der Waals surface area (Å²) in [5.41, 5.74) is 1.02. The molecule has 6 nitrogen and oxygen atoms in total. The predicted molar refractivity (Wildman–Crippen MR) is 130 cm³/mol.